The Hall–Kier alpha value is -1.60. The Balaban J connectivity index is 1.92. The quantitative estimate of drug-likeness (QED) is 0.853. The van der Waals surface area contributed by atoms with Crippen LogP contribution in [0.3, 0.4) is 0 Å². The third-order valence-corrected chi connectivity index (χ3v) is 3.02. The second kappa shape index (κ2) is 5.83. The number of hydrogen-bond donors (Lipinski definition) is 1. The van der Waals surface area contributed by atoms with Gasteiger partial charge in [0.15, 0.2) is 0 Å². The highest BCUT2D eigenvalue weighted by Crippen LogP contribution is 2.09. The second-order valence-electron chi connectivity index (χ2n) is 5.09. The van der Waals surface area contributed by atoms with E-state index in [0.29, 0.717) is 0 Å². The number of aryl methyl sites for hydroxylation is 3. The van der Waals surface area contributed by atoms with Crippen LogP contribution in [0.2, 0.25) is 0 Å². The highest BCUT2D eigenvalue weighted by molar-refractivity contribution is 5.28. The zero-order valence-electron chi connectivity index (χ0n) is 11.5. The smallest absolute Gasteiger partial charge is 0.0208 e. The monoisotopic (exact) mass is 239 g/mol. The summed E-state index contributed by atoms with van der Waals surface area (Å²) in [4.78, 5) is 0. The molecule has 1 N–H and O–H groups in total. The zero-order valence-corrected chi connectivity index (χ0v) is 11.5. The normalized spacial score (nSPS) is 10.6. The van der Waals surface area contributed by atoms with Crippen molar-refractivity contribution in [3.63, 3.8) is 0 Å². The second-order valence-corrected chi connectivity index (χ2v) is 5.09. The summed E-state index contributed by atoms with van der Waals surface area (Å²) in [5.74, 6) is 0. The molecule has 0 atom stereocenters. The fraction of sp³-hybridized carbons (Fsp3) is 0.294. The molecule has 0 spiro atoms. The van der Waals surface area contributed by atoms with Crippen LogP contribution in [-0.2, 0) is 13.1 Å². The topological polar surface area (TPSA) is 12.0 Å². The van der Waals surface area contributed by atoms with Crippen LogP contribution in [0.15, 0.2) is 42.5 Å². The SMILES string of the molecule is Cc1cccc(CNCc2cc(C)cc(C)c2)c1. The van der Waals surface area contributed by atoms with Crippen LogP contribution in [0.5, 0.6) is 0 Å². The van der Waals surface area contributed by atoms with Crippen LogP contribution >= 0.6 is 0 Å². The number of hydrogen-bond acceptors (Lipinski definition) is 1. The van der Waals surface area contributed by atoms with E-state index in [2.05, 4.69) is 68.6 Å². The van der Waals surface area contributed by atoms with E-state index in [0.717, 1.165) is 13.1 Å². The summed E-state index contributed by atoms with van der Waals surface area (Å²) >= 11 is 0. The minimum atomic E-state index is 0.925. The first-order valence-electron chi connectivity index (χ1n) is 6.47. The van der Waals surface area contributed by atoms with Gasteiger partial charge in [0.2, 0.25) is 0 Å². The van der Waals surface area contributed by atoms with Gasteiger partial charge in [0, 0.05) is 13.1 Å². The van der Waals surface area contributed by atoms with Gasteiger partial charge in [-0.05, 0) is 31.9 Å². The Morgan fingerprint density at radius 3 is 2.00 bits per heavy atom. The Bertz CT molecular complexity index is 509. The summed E-state index contributed by atoms with van der Waals surface area (Å²) in [6.45, 7) is 8.28. The van der Waals surface area contributed by atoms with E-state index in [1.807, 2.05) is 0 Å². The van der Waals surface area contributed by atoms with Gasteiger partial charge >= 0.3 is 0 Å². The Kier molecular flexibility index (Phi) is 4.16. The summed E-state index contributed by atoms with van der Waals surface area (Å²) in [7, 11) is 0. The molecule has 0 saturated carbocycles. The van der Waals surface area contributed by atoms with Crippen molar-refractivity contribution in [2.75, 3.05) is 0 Å². The number of rotatable bonds is 4. The minimum Gasteiger partial charge on any atom is -0.309 e. The molecule has 0 bridgehead atoms. The van der Waals surface area contributed by atoms with Crippen molar-refractivity contribution >= 4 is 0 Å². The standard InChI is InChI=1S/C17H21N/c1-13-5-4-6-16(8-13)11-18-12-17-9-14(2)7-15(3)10-17/h4-10,18H,11-12H2,1-3H3. The molecule has 2 aromatic carbocycles. The van der Waals surface area contributed by atoms with Crippen molar-refractivity contribution in [1.82, 2.24) is 5.32 Å². The molecular formula is C17H21N. The molecule has 0 amide bonds. The number of nitrogens with one attached hydrogen (secondary N) is 1. The molecule has 0 aliphatic carbocycles. The molecule has 0 unspecified atom stereocenters. The fourth-order valence-electron chi connectivity index (χ4n) is 2.34. The summed E-state index contributed by atoms with van der Waals surface area (Å²) in [6, 6.07) is 15.4. The van der Waals surface area contributed by atoms with Crippen LogP contribution < -0.4 is 5.32 Å². The van der Waals surface area contributed by atoms with Crippen LogP contribution in [0.4, 0.5) is 0 Å². The minimum absolute atomic E-state index is 0.925. The fourth-order valence-corrected chi connectivity index (χ4v) is 2.34. The lowest BCUT2D eigenvalue weighted by molar-refractivity contribution is 0.692. The predicted molar refractivity (Wildman–Crippen MR) is 77.6 cm³/mol. The third-order valence-electron chi connectivity index (χ3n) is 3.02. The van der Waals surface area contributed by atoms with Crippen molar-refractivity contribution in [2.45, 2.75) is 33.9 Å². The zero-order chi connectivity index (χ0) is 13.0. The van der Waals surface area contributed by atoms with Gasteiger partial charge in [-0.1, -0.05) is 59.2 Å². The van der Waals surface area contributed by atoms with Gasteiger partial charge in [-0.15, -0.1) is 0 Å². The first-order valence-corrected chi connectivity index (χ1v) is 6.47. The van der Waals surface area contributed by atoms with Crippen LogP contribution in [0, 0.1) is 20.8 Å². The lowest BCUT2D eigenvalue weighted by atomic mass is 10.1. The van der Waals surface area contributed by atoms with Crippen molar-refractivity contribution in [1.29, 1.82) is 0 Å². The first kappa shape index (κ1) is 12.8. The highest BCUT2D eigenvalue weighted by atomic mass is 14.8. The summed E-state index contributed by atoms with van der Waals surface area (Å²) in [6.07, 6.45) is 0. The molecule has 2 aromatic rings. The van der Waals surface area contributed by atoms with E-state index in [-0.39, 0.29) is 0 Å². The largest absolute Gasteiger partial charge is 0.309 e. The molecular weight excluding hydrogens is 218 g/mol. The average molecular weight is 239 g/mol. The molecule has 1 nitrogen and oxygen atoms in total. The van der Waals surface area contributed by atoms with Crippen molar-refractivity contribution < 1.29 is 0 Å². The average Bonchev–Trinajstić information content (AvgIpc) is 2.27. The van der Waals surface area contributed by atoms with E-state index < -0.39 is 0 Å². The van der Waals surface area contributed by atoms with Gasteiger partial charge < -0.3 is 5.32 Å². The maximum absolute atomic E-state index is 3.50. The molecule has 0 aliphatic rings. The Morgan fingerprint density at radius 2 is 1.33 bits per heavy atom. The lowest BCUT2D eigenvalue weighted by Crippen LogP contribution is -2.12. The lowest BCUT2D eigenvalue weighted by Gasteiger charge is -2.08. The summed E-state index contributed by atoms with van der Waals surface area (Å²) < 4.78 is 0. The summed E-state index contributed by atoms with van der Waals surface area (Å²) in [5.41, 5.74) is 6.70. The van der Waals surface area contributed by atoms with Gasteiger partial charge in [-0.2, -0.15) is 0 Å². The first-order chi connectivity index (χ1) is 8.63. The highest BCUT2D eigenvalue weighted by Gasteiger charge is 1.97. The molecule has 0 aliphatic heterocycles. The van der Waals surface area contributed by atoms with Gasteiger partial charge in [0.05, 0.1) is 0 Å². The molecule has 18 heavy (non-hydrogen) atoms. The molecule has 0 aromatic heterocycles. The van der Waals surface area contributed by atoms with Crippen molar-refractivity contribution in [3.8, 4) is 0 Å². The van der Waals surface area contributed by atoms with Crippen LogP contribution in [-0.4, -0.2) is 0 Å². The van der Waals surface area contributed by atoms with Gasteiger partial charge in [-0.3, -0.25) is 0 Å². The van der Waals surface area contributed by atoms with Crippen LogP contribution in [0.25, 0.3) is 0 Å². The van der Waals surface area contributed by atoms with E-state index in [9.17, 15) is 0 Å². The third kappa shape index (κ3) is 3.71. The van der Waals surface area contributed by atoms with Gasteiger partial charge in [-0.25, -0.2) is 0 Å². The van der Waals surface area contributed by atoms with E-state index >= 15 is 0 Å². The maximum Gasteiger partial charge on any atom is 0.0208 e. The van der Waals surface area contributed by atoms with E-state index in [1.54, 1.807) is 0 Å². The Labute approximate surface area is 110 Å². The van der Waals surface area contributed by atoms with Crippen LogP contribution in [0.1, 0.15) is 27.8 Å². The molecule has 0 saturated heterocycles. The molecule has 0 radical (unpaired) electrons. The Morgan fingerprint density at radius 1 is 0.722 bits per heavy atom. The summed E-state index contributed by atoms with van der Waals surface area (Å²) in [5, 5.41) is 3.50. The molecule has 2 rings (SSSR count). The van der Waals surface area contributed by atoms with E-state index in [4.69, 9.17) is 0 Å². The molecule has 0 heterocycles. The van der Waals surface area contributed by atoms with Crippen molar-refractivity contribution in [3.05, 3.63) is 70.3 Å². The molecule has 0 fully saturated rings. The van der Waals surface area contributed by atoms with Crippen molar-refractivity contribution in [2.24, 2.45) is 0 Å². The van der Waals surface area contributed by atoms with E-state index in [1.165, 1.54) is 27.8 Å². The van der Waals surface area contributed by atoms with Gasteiger partial charge in [0.1, 0.15) is 0 Å². The van der Waals surface area contributed by atoms with Gasteiger partial charge in [0.25, 0.3) is 0 Å². The number of benzene rings is 2. The molecule has 94 valence electrons. The maximum atomic E-state index is 3.50. The molecule has 1 heteroatoms. The predicted octanol–water partition coefficient (Wildman–Crippen LogP) is 3.90.